The van der Waals surface area contributed by atoms with Gasteiger partial charge in [-0.2, -0.15) is 4.98 Å². The second-order valence-corrected chi connectivity index (χ2v) is 5.66. The van der Waals surface area contributed by atoms with Crippen LogP contribution in [0.1, 0.15) is 31.4 Å². The summed E-state index contributed by atoms with van der Waals surface area (Å²) in [5.74, 6) is 0.756. The lowest BCUT2D eigenvalue weighted by Gasteiger charge is -2.67. The van der Waals surface area contributed by atoms with Crippen LogP contribution in [0.25, 0.3) is 0 Å². The molecule has 1 aromatic rings. The predicted molar refractivity (Wildman–Crippen MR) is 61.1 cm³/mol. The predicted octanol–water partition coefficient (Wildman–Crippen LogP) is 2.11. The minimum atomic E-state index is -4.60. The molecule has 0 aromatic carbocycles. The highest BCUT2D eigenvalue weighted by molar-refractivity contribution is 5.35. The maximum atomic E-state index is 11.7. The van der Waals surface area contributed by atoms with Crippen molar-refractivity contribution in [3.63, 3.8) is 0 Å². The van der Waals surface area contributed by atoms with E-state index in [0.717, 1.165) is 25.0 Å². The summed E-state index contributed by atoms with van der Waals surface area (Å²) in [7, 11) is 0. The Kier molecular flexibility index (Phi) is 2.98. The van der Waals surface area contributed by atoms with Gasteiger partial charge < -0.3 is 14.9 Å². The molecule has 3 aliphatic rings. The van der Waals surface area contributed by atoms with E-state index in [0.29, 0.717) is 0 Å². The number of ether oxygens (including phenoxy) is 2. The van der Waals surface area contributed by atoms with Crippen molar-refractivity contribution in [1.82, 2.24) is 4.98 Å². The number of hydrogen-bond donors (Lipinski definition) is 1. The highest BCUT2D eigenvalue weighted by atomic mass is 19.4. The highest BCUT2D eigenvalue weighted by Gasteiger charge is 2.68. The Hall–Kier alpha value is -1.28. The number of rotatable bonds is 6. The molecule has 3 aliphatic carbocycles. The van der Waals surface area contributed by atoms with Crippen LogP contribution in [0.5, 0.6) is 6.08 Å². The van der Waals surface area contributed by atoms with Crippen molar-refractivity contribution in [3.05, 3.63) is 12.0 Å². The molecule has 0 unspecified atom stereocenters. The lowest BCUT2D eigenvalue weighted by molar-refractivity contribution is -0.324. The molecular formula is C12H15F3N2O3. The zero-order valence-corrected chi connectivity index (χ0v) is 10.7. The fraction of sp³-hybridized carbons (Fsp3) is 0.750. The van der Waals surface area contributed by atoms with E-state index in [1.807, 2.05) is 0 Å². The van der Waals surface area contributed by atoms with Crippen LogP contribution in [-0.4, -0.2) is 30.1 Å². The van der Waals surface area contributed by atoms with E-state index in [1.165, 1.54) is 0 Å². The fourth-order valence-corrected chi connectivity index (χ4v) is 3.10. The van der Waals surface area contributed by atoms with Crippen molar-refractivity contribution in [1.29, 1.82) is 0 Å². The minimum Gasteiger partial charge on any atom is -0.450 e. The van der Waals surface area contributed by atoms with Gasteiger partial charge in [0.1, 0.15) is 5.76 Å². The number of nitrogens with two attached hydrogens (primary N) is 1. The smallest absolute Gasteiger partial charge is 0.450 e. The molecule has 3 fully saturated rings. The van der Waals surface area contributed by atoms with Crippen LogP contribution >= 0.6 is 0 Å². The standard InChI is InChI=1S/C12H15F3N2O3/c13-12(14,15)19-3-1-2-18-9-17-4-8(20-9)10-5-11(16,6-10)7-10/h4H,1-3,5-7,16H2. The van der Waals surface area contributed by atoms with Crippen molar-refractivity contribution in [2.45, 2.75) is 43.0 Å². The van der Waals surface area contributed by atoms with Gasteiger partial charge in [0.2, 0.25) is 0 Å². The van der Waals surface area contributed by atoms with Gasteiger partial charge in [0, 0.05) is 17.4 Å². The van der Waals surface area contributed by atoms with Crippen LogP contribution in [0.3, 0.4) is 0 Å². The number of oxazole rings is 1. The second kappa shape index (κ2) is 4.36. The van der Waals surface area contributed by atoms with Gasteiger partial charge in [-0.25, -0.2) is 0 Å². The summed E-state index contributed by atoms with van der Waals surface area (Å²) in [5, 5.41) is 0. The van der Waals surface area contributed by atoms with E-state index >= 15 is 0 Å². The van der Waals surface area contributed by atoms with E-state index in [4.69, 9.17) is 14.9 Å². The molecule has 1 aromatic heterocycles. The molecule has 112 valence electrons. The summed E-state index contributed by atoms with van der Waals surface area (Å²) >= 11 is 0. The number of alkyl halides is 3. The summed E-state index contributed by atoms with van der Waals surface area (Å²) in [6.07, 6.45) is -0.105. The number of hydrogen-bond acceptors (Lipinski definition) is 5. The van der Waals surface area contributed by atoms with Crippen LogP contribution < -0.4 is 10.5 Å². The Labute approximate surface area is 113 Å². The number of halogens is 3. The van der Waals surface area contributed by atoms with Gasteiger partial charge in [-0.15, -0.1) is 13.2 Å². The van der Waals surface area contributed by atoms with Crippen LogP contribution in [0.4, 0.5) is 13.2 Å². The Bertz CT molecular complexity index is 481. The average molecular weight is 292 g/mol. The molecule has 5 nitrogen and oxygen atoms in total. The first-order valence-corrected chi connectivity index (χ1v) is 6.39. The summed E-state index contributed by atoms with van der Waals surface area (Å²) in [6.45, 7) is -0.388. The third kappa shape index (κ3) is 2.49. The third-order valence-electron chi connectivity index (χ3n) is 3.86. The first kappa shape index (κ1) is 13.7. The summed E-state index contributed by atoms with van der Waals surface area (Å²) in [5.41, 5.74) is 5.96. The first-order chi connectivity index (χ1) is 9.30. The molecule has 0 spiro atoms. The third-order valence-corrected chi connectivity index (χ3v) is 3.86. The van der Waals surface area contributed by atoms with Crippen molar-refractivity contribution in [2.75, 3.05) is 13.2 Å². The Balaban J connectivity index is 1.40. The molecule has 0 amide bonds. The van der Waals surface area contributed by atoms with Crippen LogP contribution in [-0.2, 0) is 10.2 Å². The molecule has 0 atom stereocenters. The molecule has 20 heavy (non-hydrogen) atoms. The molecule has 0 aliphatic heterocycles. The quantitative estimate of drug-likeness (QED) is 0.813. The van der Waals surface area contributed by atoms with Gasteiger partial charge in [0.15, 0.2) is 0 Å². The Morgan fingerprint density at radius 3 is 2.60 bits per heavy atom. The summed E-state index contributed by atoms with van der Waals surface area (Å²) in [6, 6.07) is 0. The van der Waals surface area contributed by atoms with Gasteiger partial charge in [-0.05, 0) is 19.3 Å². The van der Waals surface area contributed by atoms with Crippen LogP contribution in [0.2, 0.25) is 0 Å². The maximum Gasteiger partial charge on any atom is 0.522 e. The van der Waals surface area contributed by atoms with Crippen LogP contribution in [0, 0.1) is 0 Å². The van der Waals surface area contributed by atoms with Gasteiger partial charge in [0.05, 0.1) is 19.4 Å². The summed E-state index contributed by atoms with van der Waals surface area (Å²) in [4.78, 5) is 3.97. The topological polar surface area (TPSA) is 70.5 Å². The zero-order chi connectivity index (χ0) is 14.4. The van der Waals surface area contributed by atoms with Crippen molar-refractivity contribution < 1.29 is 27.1 Å². The molecule has 4 rings (SSSR count). The average Bonchev–Trinajstić information content (AvgIpc) is 2.70. The molecule has 0 saturated heterocycles. The first-order valence-electron chi connectivity index (χ1n) is 6.39. The number of nitrogens with zero attached hydrogens (tertiary/aromatic N) is 1. The van der Waals surface area contributed by atoms with Gasteiger partial charge >= 0.3 is 12.4 Å². The minimum absolute atomic E-state index is 0.0166. The van der Waals surface area contributed by atoms with E-state index in [9.17, 15) is 13.2 Å². The molecular weight excluding hydrogens is 277 g/mol. The van der Waals surface area contributed by atoms with Gasteiger partial charge in [-0.1, -0.05) is 0 Å². The van der Waals surface area contributed by atoms with E-state index < -0.39 is 13.0 Å². The molecule has 2 bridgehead atoms. The lowest BCUT2D eigenvalue weighted by atomic mass is 9.39. The highest BCUT2D eigenvalue weighted by Crippen LogP contribution is 2.66. The van der Waals surface area contributed by atoms with E-state index in [1.54, 1.807) is 6.20 Å². The van der Waals surface area contributed by atoms with Crippen molar-refractivity contribution >= 4 is 0 Å². The molecule has 8 heteroatoms. The van der Waals surface area contributed by atoms with E-state index in [2.05, 4.69) is 9.72 Å². The Morgan fingerprint density at radius 1 is 1.30 bits per heavy atom. The maximum absolute atomic E-state index is 11.7. The van der Waals surface area contributed by atoms with Crippen LogP contribution in [0.15, 0.2) is 10.6 Å². The molecule has 1 heterocycles. The fourth-order valence-electron chi connectivity index (χ4n) is 3.10. The normalized spacial score (nSPS) is 31.6. The van der Waals surface area contributed by atoms with Crippen molar-refractivity contribution in [3.8, 4) is 6.08 Å². The molecule has 3 saturated carbocycles. The van der Waals surface area contributed by atoms with E-state index in [-0.39, 0.29) is 30.1 Å². The second-order valence-electron chi connectivity index (χ2n) is 5.66. The SMILES string of the molecule is NC12CC(c3cnc(OCCCOC(F)(F)F)o3)(C1)C2. The summed E-state index contributed by atoms with van der Waals surface area (Å²) < 4.78 is 49.4. The van der Waals surface area contributed by atoms with Gasteiger partial charge in [0.25, 0.3) is 0 Å². The monoisotopic (exact) mass is 292 g/mol. The Morgan fingerprint density at radius 2 is 2.00 bits per heavy atom. The zero-order valence-electron chi connectivity index (χ0n) is 10.7. The molecule has 2 N–H and O–H groups in total. The lowest BCUT2D eigenvalue weighted by Crippen LogP contribution is -2.74. The number of aromatic nitrogens is 1. The van der Waals surface area contributed by atoms with Gasteiger partial charge in [-0.3, -0.25) is 4.74 Å². The largest absolute Gasteiger partial charge is 0.522 e. The van der Waals surface area contributed by atoms with Crippen molar-refractivity contribution in [2.24, 2.45) is 5.73 Å². The molecule has 0 radical (unpaired) electrons.